The molecule has 2 rings (SSSR count). The average Bonchev–Trinajstić information content (AvgIpc) is 2.83. The van der Waals surface area contributed by atoms with Gasteiger partial charge in [-0.15, -0.1) is 10.2 Å². The Morgan fingerprint density at radius 3 is 2.83 bits per heavy atom. The lowest BCUT2D eigenvalue weighted by atomic mass is 10.3. The van der Waals surface area contributed by atoms with Crippen LogP contribution >= 0.6 is 11.8 Å². The summed E-state index contributed by atoms with van der Waals surface area (Å²) in [5.41, 5.74) is 0.263. The normalized spacial score (nSPS) is 12.9. The maximum Gasteiger partial charge on any atom is 0.406 e. The van der Waals surface area contributed by atoms with Crippen LogP contribution in [0.25, 0.3) is 0 Å². The summed E-state index contributed by atoms with van der Waals surface area (Å²) in [7, 11) is 0. The van der Waals surface area contributed by atoms with Crippen LogP contribution in [-0.4, -0.2) is 32.1 Å². The highest BCUT2D eigenvalue weighted by Gasteiger charge is 2.30. The molecule has 1 amide bonds. The van der Waals surface area contributed by atoms with Gasteiger partial charge < -0.3 is 5.32 Å². The van der Waals surface area contributed by atoms with E-state index in [1.54, 1.807) is 0 Å². The van der Waals surface area contributed by atoms with Crippen LogP contribution in [-0.2, 0) is 11.3 Å². The number of alkyl halides is 3. The number of nitrogens with zero attached hydrogens (tertiary/aromatic N) is 3. The third kappa shape index (κ3) is 5.23. The number of carbonyl (C=O) groups is 1. The molecule has 1 unspecified atom stereocenters. The molecule has 1 atom stereocenters. The van der Waals surface area contributed by atoms with Gasteiger partial charge in [0.2, 0.25) is 5.91 Å². The number of halogens is 4. The van der Waals surface area contributed by atoms with Crippen molar-refractivity contribution in [1.82, 2.24) is 14.8 Å². The average molecular weight is 348 g/mol. The van der Waals surface area contributed by atoms with E-state index in [9.17, 15) is 22.4 Å². The van der Waals surface area contributed by atoms with Crippen LogP contribution < -0.4 is 5.32 Å². The van der Waals surface area contributed by atoms with Gasteiger partial charge in [-0.25, -0.2) is 4.39 Å². The zero-order valence-corrected chi connectivity index (χ0v) is 12.7. The number of hydrogen-bond donors (Lipinski definition) is 1. The molecule has 10 heteroatoms. The SMILES string of the molecule is CC(Sc1nncn1CC(F)(F)F)C(=O)Nc1cccc(F)c1. The van der Waals surface area contributed by atoms with Crippen molar-refractivity contribution < 1.29 is 22.4 Å². The van der Waals surface area contributed by atoms with E-state index in [4.69, 9.17) is 0 Å². The fourth-order valence-corrected chi connectivity index (χ4v) is 2.48. The molecule has 1 aromatic heterocycles. The maximum absolute atomic E-state index is 13.0. The van der Waals surface area contributed by atoms with Crippen LogP contribution in [0.1, 0.15) is 6.92 Å². The Morgan fingerprint density at radius 2 is 2.17 bits per heavy atom. The van der Waals surface area contributed by atoms with E-state index >= 15 is 0 Å². The number of rotatable bonds is 5. The van der Waals surface area contributed by atoms with Crippen molar-refractivity contribution in [1.29, 1.82) is 0 Å². The van der Waals surface area contributed by atoms with Gasteiger partial charge in [0.25, 0.3) is 0 Å². The lowest BCUT2D eigenvalue weighted by Gasteiger charge is -2.13. The van der Waals surface area contributed by atoms with Gasteiger partial charge in [0.15, 0.2) is 5.16 Å². The van der Waals surface area contributed by atoms with E-state index < -0.39 is 29.7 Å². The van der Waals surface area contributed by atoms with E-state index in [-0.39, 0.29) is 10.8 Å². The highest BCUT2D eigenvalue weighted by molar-refractivity contribution is 8.00. The molecule has 0 bridgehead atoms. The van der Waals surface area contributed by atoms with Crippen molar-refractivity contribution in [2.75, 3.05) is 5.32 Å². The number of thioether (sulfide) groups is 1. The molecule has 0 saturated heterocycles. The topological polar surface area (TPSA) is 59.8 Å². The van der Waals surface area contributed by atoms with Gasteiger partial charge in [0.05, 0.1) is 5.25 Å². The summed E-state index contributed by atoms with van der Waals surface area (Å²) in [5.74, 6) is -0.991. The minimum Gasteiger partial charge on any atom is -0.325 e. The number of benzene rings is 1. The molecule has 0 spiro atoms. The van der Waals surface area contributed by atoms with Crippen LogP contribution in [0.15, 0.2) is 35.7 Å². The fourth-order valence-electron chi connectivity index (χ4n) is 1.66. The first-order valence-electron chi connectivity index (χ1n) is 6.42. The fraction of sp³-hybridized carbons (Fsp3) is 0.308. The third-order valence-corrected chi connectivity index (χ3v) is 3.77. The van der Waals surface area contributed by atoms with Gasteiger partial charge >= 0.3 is 6.18 Å². The van der Waals surface area contributed by atoms with Crippen LogP contribution in [0.3, 0.4) is 0 Å². The first kappa shape index (κ1) is 17.3. The summed E-state index contributed by atoms with van der Waals surface area (Å²) in [6.45, 7) is 0.270. The first-order valence-corrected chi connectivity index (χ1v) is 7.30. The third-order valence-electron chi connectivity index (χ3n) is 2.67. The molecule has 1 N–H and O–H groups in total. The number of hydrogen-bond acceptors (Lipinski definition) is 4. The van der Waals surface area contributed by atoms with E-state index in [1.165, 1.54) is 25.1 Å². The van der Waals surface area contributed by atoms with Crippen LogP contribution in [0.5, 0.6) is 0 Å². The van der Waals surface area contributed by atoms with Crippen molar-refractivity contribution in [2.45, 2.75) is 30.1 Å². The van der Waals surface area contributed by atoms with Crippen molar-refractivity contribution in [3.63, 3.8) is 0 Å². The van der Waals surface area contributed by atoms with Crippen molar-refractivity contribution in [2.24, 2.45) is 0 Å². The minimum absolute atomic E-state index is 0.0239. The second-order valence-corrected chi connectivity index (χ2v) is 5.92. The molecular formula is C13H12F4N4OS. The van der Waals surface area contributed by atoms with E-state index in [1.807, 2.05) is 0 Å². The first-order chi connectivity index (χ1) is 10.7. The lowest BCUT2D eigenvalue weighted by molar-refractivity contribution is -0.142. The zero-order chi connectivity index (χ0) is 17.0. The Hall–Kier alpha value is -2.10. The summed E-state index contributed by atoms with van der Waals surface area (Å²) < 4.78 is 51.1. The Bertz CT molecular complexity index is 689. The van der Waals surface area contributed by atoms with Crippen molar-refractivity contribution in [3.05, 3.63) is 36.4 Å². The number of amides is 1. The van der Waals surface area contributed by atoms with Gasteiger partial charge in [-0.1, -0.05) is 17.8 Å². The second kappa shape index (κ2) is 6.99. The highest BCUT2D eigenvalue weighted by atomic mass is 32.2. The molecule has 0 aliphatic rings. The zero-order valence-electron chi connectivity index (χ0n) is 11.8. The van der Waals surface area contributed by atoms with Gasteiger partial charge in [-0.05, 0) is 25.1 Å². The Morgan fingerprint density at radius 1 is 1.43 bits per heavy atom. The molecule has 0 aliphatic heterocycles. The summed E-state index contributed by atoms with van der Waals surface area (Å²) in [5, 5.41) is 8.72. The molecule has 0 aliphatic carbocycles. The van der Waals surface area contributed by atoms with Crippen LogP contribution in [0, 0.1) is 5.82 Å². The minimum atomic E-state index is -4.41. The van der Waals surface area contributed by atoms with Gasteiger partial charge in [0.1, 0.15) is 18.7 Å². The maximum atomic E-state index is 13.0. The molecular weight excluding hydrogens is 336 g/mol. The Labute approximate surface area is 133 Å². The van der Waals surface area contributed by atoms with Crippen molar-refractivity contribution in [3.8, 4) is 0 Å². The number of carbonyl (C=O) groups excluding carboxylic acids is 1. The van der Waals surface area contributed by atoms with E-state index in [0.29, 0.717) is 0 Å². The molecule has 5 nitrogen and oxygen atoms in total. The smallest absolute Gasteiger partial charge is 0.325 e. The molecule has 0 saturated carbocycles. The molecule has 0 fully saturated rings. The molecule has 2 aromatic rings. The second-order valence-electron chi connectivity index (χ2n) is 4.62. The van der Waals surface area contributed by atoms with Crippen molar-refractivity contribution >= 4 is 23.4 Å². The summed E-state index contributed by atoms with van der Waals surface area (Å²) in [6.07, 6.45) is -3.46. The predicted molar refractivity (Wildman–Crippen MR) is 76.4 cm³/mol. The van der Waals surface area contributed by atoms with E-state index in [0.717, 1.165) is 28.7 Å². The monoisotopic (exact) mass is 348 g/mol. The Balaban J connectivity index is 2.00. The van der Waals surface area contributed by atoms with E-state index in [2.05, 4.69) is 15.5 Å². The summed E-state index contributed by atoms with van der Waals surface area (Å²) >= 11 is 0.833. The van der Waals surface area contributed by atoms with Gasteiger partial charge in [-0.3, -0.25) is 9.36 Å². The van der Waals surface area contributed by atoms with Crippen LogP contribution in [0.4, 0.5) is 23.2 Å². The number of nitrogens with one attached hydrogen (secondary N) is 1. The largest absolute Gasteiger partial charge is 0.406 e. The van der Waals surface area contributed by atoms with Crippen LogP contribution in [0.2, 0.25) is 0 Å². The lowest BCUT2D eigenvalue weighted by Crippen LogP contribution is -2.24. The quantitative estimate of drug-likeness (QED) is 0.666. The molecule has 0 radical (unpaired) electrons. The molecule has 1 heterocycles. The highest BCUT2D eigenvalue weighted by Crippen LogP contribution is 2.25. The predicted octanol–water partition coefficient (Wildman–Crippen LogP) is 3.10. The number of aromatic nitrogens is 3. The van der Waals surface area contributed by atoms with Gasteiger partial charge in [0, 0.05) is 5.69 Å². The van der Waals surface area contributed by atoms with Gasteiger partial charge in [-0.2, -0.15) is 13.2 Å². The Kier molecular flexibility index (Phi) is 5.24. The summed E-state index contributed by atoms with van der Waals surface area (Å²) in [4.78, 5) is 12.0. The standard InChI is InChI=1S/C13H12F4N4OS/c1-8(11(22)19-10-4-2-3-9(14)5-10)23-12-20-18-7-21(12)6-13(15,16)17/h2-5,7-8H,6H2,1H3,(H,19,22). The molecule has 23 heavy (non-hydrogen) atoms. The number of anilines is 1. The summed E-state index contributed by atoms with van der Waals surface area (Å²) in [6, 6.07) is 5.31. The molecule has 124 valence electrons. The molecule has 1 aromatic carbocycles.